The van der Waals surface area contributed by atoms with Gasteiger partial charge >= 0.3 is 6.01 Å². The van der Waals surface area contributed by atoms with E-state index in [0.717, 1.165) is 6.42 Å². The lowest BCUT2D eigenvalue weighted by Crippen LogP contribution is -2.08. The molecule has 0 atom stereocenters. The molecule has 0 fully saturated rings. The van der Waals surface area contributed by atoms with Crippen LogP contribution in [-0.2, 0) is 6.54 Å². The van der Waals surface area contributed by atoms with Gasteiger partial charge in [-0.2, -0.15) is 15.0 Å². The average molecular weight is 293 g/mol. The van der Waals surface area contributed by atoms with Crippen molar-refractivity contribution in [2.45, 2.75) is 26.8 Å². The first-order valence-corrected chi connectivity index (χ1v) is 6.89. The Kier molecular flexibility index (Phi) is 5.12. The first-order valence-electron chi connectivity index (χ1n) is 6.51. The lowest BCUT2D eigenvalue weighted by atomic mass is 10.1. The molecule has 2 rings (SSSR count). The highest BCUT2D eigenvalue weighted by atomic mass is 35.5. The first kappa shape index (κ1) is 14.5. The topological polar surface area (TPSA) is 59.9 Å². The zero-order valence-electron chi connectivity index (χ0n) is 11.6. The van der Waals surface area contributed by atoms with E-state index in [1.807, 2.05) is 19.1 Å². The van der Waals surface area contributed by atoms with Crippen LogP contribution in [0.1, 0.15) is 24.5 Å². The number of nitrogens with zero attached hydrogens (tertiary/aromatic N) is 3. The van der Waals surface area contributed by atoms with Crippen LogP contribution in [0.2, 0.25) is 5.28 Å². The molecule has 1 N–H and O–H groups in total. The van der Waals surface area contributed by atoms with E-state index in [2.05, 4.69) is 39.3 Å². The second-order valence-corrected chi connectivity index (χ2v) is 4.68. The fourth-order valence-electron chi connectivity index (χ4n) is 1.65. The summed E-state index contributed by atoms with van der Waals surface area (Å²) in [5.74, 6) is 0.416. The maximum Gasteiger partial charge on any atom is 0.322 e. The molecule has 0 aliphatic heterocycles. The summed E-state index contributed by atoms with van der Waals surface area (Å²) < 4.78 is 5.37. The monoisotopic (exact) mass is 292 g/mol. The molecule has 1 heterocycles. The van der Waals surface area contributed by atoms with E-state index in [9.17, 15) is 0 Å². The van der Waals surface area contributed by atoms with Crippen LogP contribution in [0, 0.1) is 6.92 Å². The van der Waals surface area contributed by atoms with E-state index in [1.165, 1.54) is 11.1 Å². The van der Waals surface area contributed by atoms with Gasteiger partial charge in [-0.25, -0.2) is 0 Å². The maximum absolute atomic E-state index is 5.86. The van der Waals surface area contributed by atoms with Crippen LogP contribution in [0.3, 0.4) is 0 Å². The van der Waals surface area contributed by atoms with Crippen molar-refractivity contribution in [2.75, 3.05) is 11.9 Å². The number of nitrogens with one attached hydrogen (secondary N) is 1. The summed E-state index contributed by atoms with van der Waals surface area (Å²) in [5.41, 5.74) is 2.39. The Balaban J connectivity index is 2.05. The molecule has 1 aromatic carbocycles. The number of hydrogen-bond donors (Lipinski definition) is 1. The van der Waals surface area contributed by atoms with Crippen molar-refractivity contribution in [3.05, 3.63) is 40.7 Å². The normalized spacial score (nSPS) is 10.3. The smallest absolute Gasteiger partial charge is 0.322 e. The highest BCUT2D eigenvalue weighted by Crippen LogP contribution is 2.13. The Morgan fingerprint density at radius 1 is 1.20 bits per heavy atom. The number of aromatic nitrogens is 3. The van der Waals surface area contributed by atoms with Gasteiger partial charge in [0.05, 0.1) is 6.61 Å². The summed E-state index contributed by atoms with van der Waals surface area (Å²) in [6.45, 7) is 5.26. The standard InChI is InChI=1S/C14H17ClN4O/c1-3-8-20-14-18-12(15)17-13(19-14)16-9-11-7-5-4-6-10(11)2/h4-7H,3,8-9H2,1-2H3,(H,16,17,18,19). The summed E-state index contributed by atoms with van der Waals surface area (Å²) in [6.07, 6.45) is 0.884. The highest BCUT2D eigenvalue weighted by molar-refractivity contribution is 6.28. The van der Waals surface area contributed by atoms with Crippen molar-refractivity contribution in [1.29, 1.82) is 0 Å². The third-order valence-corrected chi connectivity index (χ3v) is 2.89. The van der Waals surface area contributed by atoms with Crippen LogP contribution in [0.4, 0.5) is 5.95 Å². The largest absolute Gasteiger partial charge is 0.463 e. The molecule has 0 spiro atoms. The third kappa shape index (κ3) is 4.06. The van der Waals surface area contributed by atoms with Crippen LogP contribution in [0.25, 0.3) is 0 Å². The Bertz CT molecular complexity index is 577. The zero-order chi connectivity index (χ0) is 14.4. The van der Waals surface area contributed by atoms with E-state index in [0.29, 0.717) is 19.1 Å². The number of anilines is 1. The molecule has 2 aromatic rings. The van der Waals surface area contributed by atoms with Gasteiger partial charge in [-0.15, -0.1) is 0 Å². The molecule has 1 aromatic heterocycles. The molecular formula is C14H17ClN4O. The van der Waals surface area contributed by atoms with Crippen molar-refractivity contribution >= 4 is 17.5 Å². The lowest BCUT2D eigenvalue weighted by molar-refractivity contribution is 0.291. The van der Waals surface area contributed by atoms with Gasteiger partial charge in [0.1, 0.15) is 0 Å². The lowest BCUT2D eigenvalue weighted by Gasteiger charge is -2.09. The van der Waals surface area contributed by atoms with Crippen molar-refractivity contribution in [1.82, 2.24) is 15.0 Å². The van der Waals surface area contributed by atoms with Gasteiger partial charge in [0.2, 0.25) is 11.2 Å². The van der Waals surface area contributed by atoms with Crippen LogP contribution in [-0.4, -0.2) is 21.6 Å². The molecule has 0 radical (unpaired) electrons. The van der Waals surface area contributed by atoms with Gasteiger partial charge < -0.3 is 10.1 Å². The summed E-state index contributed by atoms with van der Waals surface area (Å²) in [7, 11) is 0. The van der Waals surface area contributed by atoms with Crippen molar-refractivity contribution in [3.63, 3.8) is 0 Å². The first-order chi connectivity index (χ1) is 9.69. The molecule has 106 valence electrons. The molecule has 0 aliphatic carbocycles. The van der Waals surface area contributed by atoms with E-state index < -0.39 is 0 Å². The summed E-state index contributed by atoms with van der Waals surface area (Å²) in [6, 6.07) is 8.38. The average Bonchev–Trinajstić information content (AvgIpc) is 2.44. The molecule has 0 saturated heterocycles. The Labute approximate surface area is 123 Å². The second-order valence-electron chi connectivity index (χ2n) is 4.34. The number of hydrogen-bond acceptors (Lipinski definition) is 5. The quantitative estimate of drug-likeness (QED) is 0.886. The Hall–Kier alpha value is -1.88. The SMILES string of the molecule is CCCOc1nc(Cl)nc(NCc2ccccc2C)n1. The summed E-state index contributed by atoms with van der Waals surface area (Å²) >= 11 is 5.86. The maximum atomic E-state index is 5.86. The van der Waals surface area contributed by atoms with Crippen molar-refractivity contribution in [3.8, 4) is 6.01 Å². The van der Waals surface area contributed by atoms with Crippen LogP contribution in [0.15, 0.2) is 24.3 Å². The highest BCUT2D eigenvalue weighted by Gasteiger charge is 2.06. The van der Waals surface area contributed by atoms with E-state index in [-0.39, 0.29) is 11.3 Å². The summed E-state index contributed by atoms with van der Waals surface area (Å²) in [4.78, 5) is 12.1. The van der Waals surface area contributed by atoms with E-state index in [4.69, 9.17) is 16.3 Å². The molecule has 0 aliphatic rings. The van der Waals surface area contributed by atoms with Crippen LogP contribution < -0.4 is 10.1 Å². The van der Waals surface area contributed by atoms with Gasteiger partial charge in [-0.3, -0.25) is 0 Å². The number of aryl methyl sites for hydroxylation is 1. The van der Waals surface area contributed by atoms with Crippen LogP contribution in [0.5, 0.6) is 6.01 Å². The molecular weight excluding hydrogens is 276 g/mol. The Morgan fingerprint density at radius 3 is 2.75 bits per heavy atom. The van der Waals surface area contributed by atoms with E-state index >= 15 is 0 Å². The van der Waals surface area contributed by atoms with Crippen molar-refractivity contribution in [2.24, 2.45) is 0 Å². The number of benzene rings is 1. The minimum absolute atomic E-state index is 0.124. The number of ether oxygens (including phenoxy) is 1. The molecule has 0 saturated carbocycles. The third-order valence-electron chi connectivity index (χ3n) is 2.72. The van der Waals surface area contributed by atoms with E-state index in [1.54, 1.807) is 0 Å². The zero-order valence-corrected chi connectivity index (χ0v) is 12.3. The van der Waals surface area contributed by atoms with Gasteiger partial charge in [0.25, 0.3) is 0 Å². The van der Waals surface area contributed by atoms with Gasteiger partial charge in [-0.1, -0.05) is 31.2 Å². The second kappa shape index (κ2) is 7.05. The molecule has 5 nitrogen and oxygen atoms in total. The van der Waals surface area contributed by atoms with Crippen molar-refractivity contribution < 1.29 is 4.74 Å². The Morgan fingerprint density at radius 2 is 2.00 bits per heavy atom. The minimum atomic E-state index is 0.124. The minimum Gasteiger partial charge on any atom is -0.463 e. The predicted molar refractivity (Wildman–Crippen MR) is 79.1 cm³/mol. The number of rotatable bonds is 6. The summed E-state index contributed by atoms with van der Waals surface area (Å²) in [5, 5.41) is 3.26. The molecule has 0 unspecified atom stereocenters. The van der Waals surface area contributed by atoms with Gasteiger partial charge in [0.15, 0.2) is 0 Å². The van der Waals surface area contributed by atoms with Crippen LogP contribution >= 0.6 is 11.6 Å². The fourth-order valence-corrected chi connectivity index (χ4v) is 1.80. The molecule has 6 heteroatoms. The number of halogens is 1. The van der Waals surface area contributed by atoms with Gasteiger partial charge in [-0.05, 0) is 36.1 Å². The predicted octanol–water partition coefficient (Wildman–Crippen LogP) is 3.23. The van der Waals surface area contributed by atoms with Gasteiger partial charge in [0, 0.05) is 6.54 Å². The molecule has 0 amide bonds. The fraction of sp³-hybridized carbons (Fsp3) is 0.357. The molecule has 0 bridgehead atoms. The molecule has 20 heavy (non-hydrogen) atoms.